The molecule has 0 spiro atoms. The van der Waals surface area contributed by atoms with Crippen LogP contribution in [0.15, 0.2) is 279 Å². The van der Waals surface area contributed by atoms with E-state index in [0.29, 0.717) is 0 Å². The summed E-state index contributed by atoms with van der Waals surface area (Å²) in [5.74, 6) is 0. The largest absolute Gasteiger partial charge is 0.310 e. The second-order valence-electron chi connectivity index (χ2n) is 17.2. The van der Waals surface area contributed by atoms with Gasteiger partial charge >= 0.3 is 0 Å². The molecular weight excluding hydrogens is 821 g/mol. The summed E-state index contributed by atoms with van der Waals surface area (Å²) >= 11 is 0. The van der Waals surface area contributed by atoms with Gasteiger partial charge in [-0.1, -0.05) is 231 Å². The zero-order valence-corrected chi connectivity index (χ0v) is 37.5. The molecule has 11 aromatic carbocycles. The molecule has 0 saturated carbocycles. The molecule has 0 fully saturated rings. The molecule has 68 heavy (non-hydrogen) atoms. The van der Waals surface area contributed by atoms with Crippen molar-refractivity contribution in [1.82, 2.24) is 4.57 Å². The summed E-state index contributed by atoms with van der Waals surface area (Å²) < 4.78 is 2.42. The highest BCUT2D eigenvalue weighted by Gasteiger charge is 2.21. The molecule has 0 amide bonds. The highest BCUT2D eigenvalue weighted by Crippen LogP contribution is 2.46. The van der Waals surface area contributed by atoms with Crippen molar-refractivity contribution < 1.29 is 0 Å². The van der Waals surface area contributed by atoms with E-state index < -0.39 is 0 Å². The lowest BCUT2D eigenvalue weighted by Gasteiger charge is -2.29. The van der Waals surface area contributed by atoms with Crippen LogP contribution in [-0.2, 0) is 0 Å². The Hall–Kier alpha value is -8.98. The zero-order valence-electron chi connectivity index (χ0n) is 37.5. The van der Waals surface area contributed by atoms with Gasteiger partial charge in [-0.15, -0.1) is 0 Å². The Kier molecular flexibility index (Phi) is 10.6. The van der Waals surface area contributed by atoms with Crippen molar-refractivity contribution in [2.24, 2.45) is 0 Å². The van der Waals surface area contributed by atoms with Crippen LogP contribution in [0.5, 0.6) is 0 Å². The number of hydrogen-bond donors (Lipinski definition) is 0. The van der Waals surface area contributed by atoms with Crippen LogP contribution in [0, 0.1) is 0 Å². The van der Waals surface area contributed by atoms with Gasteiger partial charge in [0.15, 0.2) is 0 Å². The second-order valence-corrected chi connectivity index (χ2v) is 17.2. The van der Waals surface area contributed by atoms with E-state index in [0.717, 1.165) is 33.9 Å². The molecule has 0 atom stereocenters. The van der Waals surface area contributed by atoms with E-state index in [9.17, 15) is 0 Å². The molecular formula is C66H46N2. The average molecular weight is 867 g/mol. The van der Waals surface area contributed by atoms with Crippen molar-refractivity contribution in [3.05, 3.63) is 279 Å². The molecule has 320 valence electrons. The maximum absolute atomic E-state index is 2.42. The number of hydrogen-bond acceptors (Lipinski definition) is 1. The number of fused-ring (bicyclic) bond motifs is 3. The third-order valence-electron chi connectivity index (χ3n) is 13.3. The van der Waals surface area contributed by atoms with Gasteiger partial charge in [-0.05, 0) is 104 Å². The van der Waals surface area contributed by atoms with Crippen LogP contribution in [0.2, 0.25) is 0 Å². The van der Waals surface area contributed by atoms with Crippen molar-refractivity contribution in [1.29, 1.82) is 0 Å². The molecule has 2 heteroatoms. The maximum Gasteiger partial charge on any atom is 0.0541 e. The lowest BCUT2D eigenvalue weighted by molar-refractivity contribution is 1.18. The van der Waals surface area contributed by atoms with E-state index in [2.05, 4.69) is 289 Å². The predicted octanol–water partition coefficient (Wildman–Crippen LogP) is 18.3. The quantitative estimate of drug-likeness (QED) is 0.133. The van der Waals surface area contributed by atoms with Crippen molar-refractivity contribution in [2.75, 3.05) is 4.90 Å². The fraction of sp³-hybridized carbons (Fsp3) is 0. The van der Waals surface area contributed by atoms with E-state index in [1.54, 1.807) is 0 Å². The van der Waals surface area contributed by atoms with E-state index in [-0.39, 0.29) is 0 Å². The molecule has 12 rings (SSSR count). The molecule has 0 aliphatic heterocycles. The predicted molar refractivity (Wildman–Crippen MR) is 288 cm³/mol. The van der Waals surface area contributed by atoms with Gasteiger partial charge in [-0.2, -0.15) is 0 Å². The Labute approximate surface area is 397 Å². The van der Waals surface area contributed by atoms with Crippen LogP contribution in [0.25, 0.3) is 94.3 Å². The van der Waals surface area contributed by atoms with E-state index in [4.69, 9.17) is 0 Å². The molecule has 0 unspecified atom stereocenters. The topological polar surface area (TPSA) is 8.17 Å². The summed E-state index contributed by atoms with van der Waals surface area (Å²) in [6.45, 7) is 0. The monoisotopic (exact) mass is 866 g/mol. The summed E-state index contributed by atoms with van der Waals surface area (Å²) in [6, 6.07) is 101. The minimum atomic E-state index is 1.07. The molecule has 12 aromatic rings. The number of aromatic nitrogens is 1. The van der Waals surface area contributed by atoms with Crippen LogP contribution in [0.1, 0.15) is 0 Å². The minimum Gasteiger partial charge on any atom is -0.310 e. The summed E-state index contributed by atoms with van der Waals surface area (Å²) in [5.41, 5.74) is 21.0. The van der Waals surface area contributed by atoms with Crippen molar-refractivity contribution in [2.45, 2.75) is 0 Å². The molecule has 0 saturated heterocycles. The van der Waals surface area contributed by atoms with Crippen LogP contribution >= 0.6 is 0 Å². The van der Waals surface area contributed by atoms with Crippen LogP contribution in [-0.4, -0.2) is 4.57 Å². The van der Waals surface area contributed by atoms with Gasteiger partial charge in [-0.25, -0.2) is 0 Å². The van der Waals surface area contributed by atoms with E-state index in [1.165, 1.54) is 77.4 Å². The third kappa shape index (κ3) is 7.45. The van der Waals surface area contributed by atoms with Crippen LogP contribution < -0.4 is 4.90 Å². The molecule has 1 aromatic heterocycles. The van der Waals surface area contributed by atoms with Gasteiger partial charge in [0, 0.05) is 33.3 Å². The Morgan fingerprint density at radius 1 is 0.221 bits per heavy atom. The van der Waals surface area contributed by atoms with E-state index >= 15 is 0 Å². The number of benzene rings is 11. The lowest BCUT2D eigenvalue weighted by atomic mass is 9.88. The Morgan fingerprint density at radius 2 is 0.559 bits per heavy atom. The SMILES string of the molecule is c1ccc(-c2ccc(-c3ccc(N(c4ccc(-c5ccccc5-n5c6ccccc6c6ccccc65)cc4)c4ccccc4-c4ccccc4-c4ccccc4-c4ccccc4)cc3)cc2)cc1. The zero-order chi connectivity index (χ0) is 45.2. The summed E-state index contributed by atoms with van der Waals surface area (Å²) in [6.07, 6.45) is 0. The summed E-state index contributed by atoms with van der Waals surface area (Å²) in [7, 11) is 0. The maximum atomic E-state index is 2.42. The van der Waals surface area contributed by atoms with Gasteiger partial charge in [0.1, 0.15) is 0 Å². The summed E-state index contributed by atoms with van der Waals surface area (Å²) in [4.78, 5) is 2.42. The highest BCUT2D eigenvalue weighted by atomic mass is 15.1. The number of nitrogens with zero attached hydrogens (tertiary/aromatic N) is 2. The molecule has 0 aliphatic carbocycles. The number of para-hydroxylation sites is 4. The Morgan fingerprint density at radius 3 is 1.12 bits per heavy atom. The fourth-order valence-corrected chi connectivity index (χ4v) is 10.0. The van der Waals surface area contributed by atoms with E-state index in [1.807, 2.05) is 0 Å². The van der Waals surface area contributed by atoms with Gasteiger partial charge in [0.25, 0.3) is 0 Å². The first-order valence-electron chi connectivity index (χ1n) is 23.3. The van der Waals surface area contributed by atoms with Gasteiger partial charge in [0.2, 0.25) is 0 Å². The molecule has 0 radical (unpaired) electrons. The molecule has 0 bridgehead atoms. The third-order valence-corrected chi connectivity index (χ3v) is 13.3. The lowest BCUT2D eigenvalue weighted by Crippen LogP contribution is -2.11. The minimum absolute atomic E-state index is 1.07. The standard InChI is InChI=1S/C66H46N2/c1-3-19-47(20-4-1)48-35-37-49(38-36-48)50-39-43-53(44-40-50)67(64-32-16-12-28-60(64)59-27-10-9-26-58(59)57-25-8-7-23-55(57)51-21-5-2-6-22-51)54-45-41-52(42-46-54)56-24-11-15-31-63(56)68-65-33-17-13-29-61(65)62-30-14-18-34-66(62)68/h1-46H. The fourth-order valence-electron chi connectivity index (χ4n) is 10.0. The van der Waals surface area contributed by atoms with Gasteiger partial charge < -0.3 is 9.47 Å². The van der Waals surface area contributed by atoms with Crippen molar-refractivity contribution >= 4 is 38.9 Å². The second kappa shape index (κ2) is 17.8. The number of anilines is 3. The highest BCUT2D eigenvalue weighted by molar-refractivity contribution is 6.10. The Bertz CT molecular complexity index is 3650. The molecule has 2 nitrogen and oxygen atoms in total. The summed E-state index contributed by atoms with van der Waals surface area (Å²) in [5, 5.41) is 2.51. The molecule has 1 heterocycles. The van der Waals surface area contributed by atoms with Crippen molar-refractivity contribution in [3.63, 3.8) is 0 Å². The number of rotatable bonds is 10. The smallest absolute Gasteiger partial charge is 0.0541 e. The normalized spacial score (nSPS) is 11.2. The van der Waals surface area contributed by atoms with Gasteiger partial charge in [-0.3, -0.25) is 0 Å². The van der Waals surface area contributed by atoms with Crippen LogP contribution in [0.3, 0.4) is 0 Å². The first-order valence-corrected chi connectivity index (χ1v) is 23.3. The molecule has 0 aliphatic rings. The Balaban J connectivity index is 0.985. The van der Waals surface area contributed by atoms with Gasteiger partial charge in [0.05, 0.1) is 22.4 Å². The first-order chi connectivity index (χ1) is 33.8. The average Bonchev–Trinajstić information content (AvgIpc) is 3.76. The van der Waals surface area contributed by atoms with Crippen molar-refractivity contribution in [3.8, 4) is 72.4 Å². The first kappa shape index (κ1) is 40.5. The molecule has 0 N–H and O–H groups in total. The van der Waals surface area contributed by atoms with Crippen LogP contribution in [0.4, 0.5) is 17.1 Å².